The van der Waals surface area contributed by atoms with Crippen LogP contribution in [-0.2, 0) is 4.79 Å². The lowest BCUT2D eigenvalue weighted by molar-refractivity contribution is -0.128. The summed E-state index contributed by atoms with van der Waals surface area (Å²) in [6, 6.07) is 6.20. The van der Waals surface area contributed by atoms with Gasteiger partial charge in [0.05, 0.1) is 6.54 Å². The molecule has 1 amide bonds. The number of hydrogen-bond acceptors (Lipinski definition) is 3. The standard InChI is InChI=1S/C19H27FN2O2.ClH/c1-12(24-17-7-5-16(20)6-8-17)11-22-19(23)15-9-13-3-2-4-14(10-15)18(13)21;/h5-8,12-15,18H,2-4,9-11,21H2,1H3,(H,22,23);1H. The fourth-order valence-corrected chi connectivity index (χ4v) is 4.18. The average Bonchev–Trinajstić information content (AvgIpc) is 2.54. The van der Waals surface area contributed by atoms with Crippen molar-refractivity contribution in [2.45, 2.75) is 51.2 Å². The molecule has 2 fully saturated rings. The van der Waals surface area contributed by atoms with Gasteiger partial charge in [0, 0.05) is 12.0 Å². The van der Waals surface area contributed by atoms with E-state index < -0.39 is 0 Å². The number of rotatable bonds is 5. The zero-order chi connectivity index (χ0) is 17.1. The van der Waals surface area contributed by atoms with Crippen molar-refractivity contribution in [3.05, 3.63) is 30.1 Å². The first kappa shape index (κ1) is 20.0. The van der Waals surface area contributed by atoms with Crippen LogP contribution in [0.2, 0.25) is 0 Å². The molecule has 0 spiro atoms. The second-order valence-corrected chi connectivity index (χ2v) is 7.32. The first-order valence-corrected chi connectivity index (χ1v) is 8.98. The number of nitrogens with one attached hydrogen (secondary N) is 1. The van der Waals surface area contributed by atoms with Gasteiger partial charge in [0.1, 0.15) is 17.7 Å². The van der Waals surface area contributed by atoms with E-state index in [9.17, 15) is 9.18 Å². The molecular weight excluding hydrogens is 343 g/mol. The van der Waals surface area contributed by atoms with Crippen molar-refractivity contribution in [3.8, 4) is 5.75 Å². The second-order valence-electron chi connectivity index (χ2n) is 7.32. The van der Waals surface area contributed by atoms with Gasteiger partial charge >= 0.3 is 0 Å². The van der Waals surface area contributed by atoms with Crippen molar-refractivity contribution in [1.82, 2.24) is 5.32 Å². The molecule has 0 heterocycles. The maximum Gasteiger partial charge on any atom is 0.223 e. The third-order valence-corrected chi connectivity index (χ3v) is 5.50. The first-order valence-electron chi connectivity index (χ1n) is 8.98. The summed E-state index contributed by atoms with van der Waals surface area (Å²) < 4.78 is 18.6. The van der Waals surface area contributed by atoms with Crippen molar-refractivity contribution in [2.24, 2.45) is 23.5 Å². The Morgan fingerprint density at radius 2 is 1.88 bits per heavy atom. The maximum atomic E-state index is 12.9. The molecule has 0 radical (unpaired) electrons. The van der Waals surface area contributed by atoms with Crippen molar-refractivity contribution in [1.29, 1.82) is 0 Å². The highest BCUT2D eigenvalue weighted by molar-refractivity contribution is 5.85. The number of benzene rings is 1. The van der Waals surface area contributed by atoms with Crippen molar-refractivity contribution in [3.63, 3.8) is 0 Å². The third-order valence-electron chi connectivity index (χ3n) is 5.50. The third kappa shape index (κ3) is 5.08. The molecule has 2 aliphatic carbocycles. The van der Waals surface area contributed by atoms with E-state index in [0.717, 1.165) is 25.7 Å². The van der Waals surface area contributed by atoms with Gasteiger partial charge in [-0.05, 0) is 68.7 Å². The van der Waals surface area contributed by atoms with Gasteiger partial charge in [-0.2, -0.15) is 0 Å². The molecule has 3 rings (SSSR count). The molecular formula is C19H28ClFN2O2. The molecule has 2 saturated carbocycles. The smallest absolute Gasteiger partial charge is 0.223 e. The Balaban J connectivity index is 0.00000225. The van der Waals surface area contributed by atoms with Crippen LogP contribution in [0.1, 0.15) is 39.0 Å². The van der Waals surface area contributed by atoms with Gasteiger partial charge in [0.2, 0.25) is 5.91 Å². The minimum atomic E-state index is -0.288. The highest BCUT2D eigenvalue weighted by Crippen LogP contribution is 2.41. The summed E-state index contributed by atoms with van der Waals surface area (Å²) >= 11 is 0. The lowest BCUT2D eigenvalue weighted by Gasteiger charge is -2.43. The number of nitrogens with two attached hydrogens (primary N) is 1. The van der Waals surface area contributed by atoms with Crippen LogP contribution in [0.4, 0.5) is 4.39 Å². The van der Waals surface area contributed by atoms with E-state index >= 15 is 0 Å². The molecule has 1 aromatic rings. The van der Waals surface area contributed by atoms with Crippen LogP contribution in [0.25, 0.3) is 0 Å². The Morgan fingerprint density at radius 3 is 2.48 bits per heavy atom. The predicted molar refractivity (Wildman–Crippen MR) is 98.3 cm³/mol. The fraction of sp³-hybridized carbons (Fsp3) is 0.632. The molecule has 3 unspecified atom stereocenters. The molecule has 6 heteroatoms. The minimum Gasteiger partial charge on any atom is -0.489 e. The number of fused-ring (bicyclic) bond motifs is 2. The van der Waals surface area contributed by atoms with E-state index in [1.165, 1.54) is 18.6 Å². The summed E-state index contributed by atoms with van der Waals surface area (Å²) in [5.74, 6) is 1.52. The molecule has 140 valence electrons. The molecule has 2 bridgehead atoms. The summed E-state index contributed by atoms with van der Waals surface area (Å²) in [5.41, 5.74) is 6.29. The SMILES string of the molecule is CC(CNC(=O)C1CC2CCCC(C1)C2N)Oc1ccc(F)cc1.Cl. The van der Waals surface area contributed by atoms with E-state index in [2.05, 4.69) is 5.32 Å². The molecule has 3 N–H and O–H groups in total. The topological polar surface area (TPSA) is 64.4 Å². The Bertz CT molecular complexity index is 555. The van der Waals surface area contributed by atoms with E-state index in [0.29, 0.717) is 24.1 Å². The second kappa shape index (κ2) is 8.86. The molecule has 0 saturated heterocycles. The van der Waals surface area contributed by atoms with Gasteiger partial charge in [-0.1, -0.05) is 6.42 Å². The Labute approximate surface area is 155 Å². The zero-order valence-corrected chi connectivity index (χ0v) is 15.4. The zero-order valence-electron chi connectivity index (χ0n) is 14.6. The lowest BCUT2D eigenvalue weighted by atomic mass is 9.65. The van der Waals surface area contributed by atoms with Crippen LogP contribution in [0.15, 0.2) is 24.3 Å². The van der Waals surface area contributed by atoms with Crippen molar-refractivity contribution < 1.29 is 13.9 Å². The predicted octanol–water partition coefficient (Wildman–Crippen LogP) is 3.28. The van der Waals surface area contributed by atoms with Gasteiger partial charge in [0.15, 0.2) is 0 Å². The number of amides is 1. The van der Waals surface area contributed by atoms with E-state index in [1.54, 1.807) is 12.1 Å². The van der Waals surface area contributed by atoms with Gasteiger partial charge in [-0.3, -0.25) is 4.79 Å². The van der Waals surface area contributed by atoms with Gasteiger partial charge in [-0.15, -0.1) is 12.4 Å². The number of ether oxygens (including phenoxy) is 1. The maximum absolute atomic E-state index is 12.9. The number of hydrogen-bond donors (Lipinski definition) is 2. The number of carbonyl (C=O) groups excluding carboxylic acids is 1. The molecule has 0 aromatic heterocycles. The molecule has 0 aliphatic heterocycles. The van der Waals surface area contributed by atoms with Crippen molar-refractivity contribution in [2.75, 3.05) is 6.54 Å². The van der Waals surface area contributed by atoms with Gasteiger partial charge in [-0.25, -0.2) is 4.39 Å². The normalized spacial score (nSPS) is 29.2. The highest BCUT2D eigenvalue weighted by Gasteiger charge is 2.40. The van der Waals surface area contributed by atoms with Crippen molar-refractivity contribution >= 4 is 18.3 Å². The van der Waals surface area contributed by atoms with E-state index in [4.69, 9.17) is 10.5 Å². The fourth-order valence-electron chi connectivity index (χ4n) is 4.18. The van der Waals surface area contributed by atoms with Crippen LogP contribution in [0.5, 0.6) is 5.75 Å². The van der Waals surface area contributed by atoms with Crippen LogP contribution in [0, 0.1) is 23.6 Å². The average molecular weight is 371 g/mol. The number of carbonyl (C=O) groups is 1. The lowest BCUT2D eigenvalue weighted by Crippen LogP contribution is -2.49. The van der Waals surface area contributed by atoms with Crippen LogP contribution >= 0.6 is 12.4 Å². The summed E-state index contributed by atoms with van der Waals surface area (Å²) in [4.78, 5) is 12.5. The monoisotopic (exact) mass is 370 g/mol. The summed E-state index contributed by atoms with van der Waals surface area (Å²) in [7, 11) is 0. The first-order chi connectivity index (χ1) is 11.5. The summed E-state index contributed by atoms with van der Waals surface area (Å²) in [5, 5.41) is 3.01. The quantitative estimate of drug-likeness (QED) is 0.835. The van der Waals surface area contributed by atoms with E-state index in [1.807, 2.05) is 6.92 Å². The molecule has 25 heavy (non-hydrogen) atoms. The molecule has 2 aliphatic rings. The summed E-state index contributed by atoms with van der Waals surface area (Å²) in [6.45, 7) is 2.35. The molecule has 4 nitrogen and oxygen atoms in total. The van der Waals surface area contributed by atoms with Crippen LogP contribution in [-0.4, -0.2) is 24.6 Å². The van der Waals surface area contributed by atoms with E-state index in [-0.39, 0.29) is 42.2 Å². The molecule has 3 atom stereocenters. The Morgan fingerprint density at radius 1 is 1.28 bits per heavy atom. The summed E-state index contributed by atoms with van der Waals surface area (Å²) in [6.07, 6.45) is 5.23. The largest absolute Gasteiger partial charge is 0.489 e. The highest BCUT2D eigenvalue weighted by atomic mass is 35.5. The minimum absolute atomic E-state index is 0. The molecule has 1 aromatic carbocycles. The Kier molecular flexibility index (Phi) is 7.08. The Hall–Kier alpha value is -1.33. The van der Waals surface area contributed by atoms with Gasteiger partial charge in [0.25, 0.3) is 0 Å². The number of halogens is 2. The van der Waals surface area contributed by atoms with Gasteiger partial charge < -0.3 is 15.8 Å². The van der Waals surface area contributed by atoms with Crippen LogP contribution < -0.4 is 15.8 Å². The van der Waals surface area contributed by atoms with Crippen LogP contribution in [0.3, 0.4) is 0 Å².